The molecule has 0 bridgehead atoms. The number of likely N-dealkylation sites (N-methyl/N-ethyl adjacent to an activating group) is 1. The number of aromatic nitrogens is 3. The fourth-order valence-electron chi connectivity index (χ4n) is 3.08. The zero-order chi connectivity index (χ0) is 15.9. The summed E-state index contributed by atoms with van der Waals surface area (Å²) in [7, 11) is 3.72. The van der Waals surface area contributed by atoms with Gasteiger partial charge < -0.3 is 4.90 Å². The van der Waals surface area contributed by atoms with Crippen LogP contribution in [0.1, 0.15) is 50.5 Å². The molecule has 0 saturated carbocycles. The Morgan fingerprint density at radius 3 is 2.95 bits per heavy atom. The summed E-state index contributed by atoms with van der Waals surface area (Å²) in [5, 5.41) is 5.42. The van der Waals surface area contributed by atoms with E-state index in [0.29, 0.717) is 18.2 Å². The molecular weight excluding hydrogens is 296 g/mol. The van der Waals surface area contributed by atoms with E-state index >= 15 is 0 Å². The number of carbonyl (C=O) groups is 1. The van der Waals surface area contributed by atoms with Crippen LogP contribution in [-0.2, 0) is 13.5 Å². The lowest BCUT2D eigenvalue weighted by Crippen LogP contribution is -2.32. The van der Waals surface area contributed by atoms with E-state index in [4.69, 9.17) is 4.98 Å². The van der Waals surface area contributed by atoms with Gasteiger partial charge in [0.1, 0.15) is 0 Å². The lowest BCUT2D eigenvalue weighted by atomic mass is 9.90. The Morgan fingerprint density at radius 2 is 2.27 bits per heavy atom. The first-order valence-electron chi connectivity index (χ1n) is 7.68. The molecule has 0 unspecified atom stereocenters. The summed E-state index contributed by atoms with van der Waals surface area (Å²) >= 11 is 1.80. The normalized spacial score (nSPS) is 17.4. The summed E-state index contributed by atoms with van der Waals surface area (Å²) in [4.78, 5) is 20.4. The lowest BCUT2D eigenvalue weighted by molar-refractivity contribution is 0.0776. The van der Waals surface area contributed by atoms with Gasteiger partial charge in [-0.15, -0.1) is 11.3 Å². The molecule has 2 aromatic rings. The van der Waals surface area contributed by atoms with Crippen molar-refractivity contribution in [3.8, 4) is 0 Å². The number of hydrogen-bond donors (Lipinski definition) is 0. The maximum Gasteiger partial charge on any atom is 0.274 e. The molecule has 2 aromatic heterocycles. The minimum atomic E-state index is -0.0113. The summed E-state index contributed by atoms with van der Waals surface area (Å²) in [6.45, 7) is 4.73. The van der Waals surface area contributed by atoms with Crippen molar-refractivity contribution in [2.75, 3.05) is 13.6 Å². The molecule has 0 aliphatic heterocycles. The number of aryl methyl sites for hydroxylation is 4. The van der Waals surface area contributed by atoms with Gasteiger partial charge in [-0.3, -0.25) is 9.48 Å². The number of carbonyl (C=O) groups excluding carboxylic acids is 1. The van der Waals surface area contributed by atoms with E-state index in [9.17, 15) is 4.79 Å². The van der Waals surface area contributed by atoms with Crippen LogP contribution in [0, 0.1) is 13.8 Å². The zero-order valence-electron chi connectivity index (χ0n) is 13.6. The van der Waals surface area contributed by atoms with E-state index in [1.54, 1.807) is 20.9 Å². The van der Waals surface area contributed by atoms with E-state index in [2.05, 4.69) is 12.0 Å². The monoisotopic (exact) mass is 318 g/mol. The van der Waals surface area contributed by atoms with Crippen LogP contribution < -0.4 is 0 Å². The smallest absolute Gasteiger partial charge is 0.274 e. The number of nitrogens with zero attached hydrogens (tertiary/aromatic N) is 4. The zero-order valence-corrected chi connectivity index (χ0v) is 14.4. The number of fused-ring (bicyclic) bond motifs is 1. The molecule has 6 heteroatoms. The number of rotatable bonds is 3. The van der Waals surface area contributed by atoms with Crippen molar-refractivity contribution in [2.45, 2.75) is 39.0 Å². The van der Waals surface area contributed by atoms with Crippen molar-refractivity contribution in [1.82, 2.24) is 19.7 Å². The molecule has 22 heavy (non-hydrogen) atoms. The highest BCUT2D eigenvalue weighted by Crippen LogP contribution is 2.35. The minimum absolute atomic E-state index is 0.0113. The number of thiazole rings is 1. The molecule has 3 rings (SSSR count). The van der Waals surface area contributed by atoms with Gasteiger partial charge in [0.2, 0.25) is 0 Å². The highest BCUT2D eigenvalue weighted by Gasteiger charge is 2.27. The predicted octanol–water partition coefficient (Wildman–Crippen LogP) is 2.69. The third-order valence-electron chi connectivity index (χ3n) is 4.35. The van der Waals surface area contributed by atoms with Crippen LogP contribution in [0.2, 0.25) is 0 Å². The van der Waals surface area contributed by atoms with Crippen LogP contribution in [0.25, 0.3) is 0 Å². The second-order valence-electron chi connectivity index (χ2n) is 6.11. The van der Waals surface area contributed by atoms with Crippen molar-refractivity contribution >= 4 is 17.2 Å². The summed E-state index contributed by atoms with van der Waals surface area (Å²) in [5.74, 6) is 0.343. The molecule has 0 spiro atoms. The fraction of sp³-hybridized carbons (Fsp3) is 0.562. The molecule has 0 saturated heterocycles. The van der Waals surface area contributed by atoms with Crippen LogP contribution in [0.15, 0.2) is 6.07 Å². The van der Waals surface area contributed by atoms with Gasteiger partial charge in [-0.1, -0.05) is 0 Å². The first-order valence-corrected chi connectivity index (χ1v) is 8.49. The van der Waals surface area contributed by atoms with Gasteiger partial charge in [-0.2, -0.15) is 5.10 Å². The van der Waals surface area contributed by atoms with Crippen LogP contribution >= 0.6 is 11.3 Å². The van der Waals surface area contributed by atoms with Crippen molar-refractivity contribution in [2.24, 2.45) is 7.05 Å². The molecule has 0 radical (unpaired) electrons. The van der Waals surface area contributed by atoms with Crippen molar-refractivity contribution < 1.29 is 4.79 Å². The second kappa shape index (κ2) is 5.83. The van der Waals surface area contributed by atoms with Gasteiger partial charge in [-0.05, 0) is 39.2 Å². The first kappa shape index (κ1) is 15.2. The van der Waals surface area contributed by atoms with E-state index in [-0.39, 0.29) is 5.91 Å². The van der Waals surface area contributed by atoms with Crippen LogP contribution in [0.4, 0.5) is 0 Å². The number of amides is 1. The van der Waals surface area contributed by atoms with Gasteiger partial charge in [0, 0.05) is 37.1 Å². The standard InChI is InChI=1S/C16H22N4OS/c1-10-8-13(18-20(10)4)16(21)19(3)9-12-6-5-7-14-15(12)17-11(2)22-14/h8,12H,5-7,9H2,1-4H3/t12-/m1/s1. The molecule has 5 nitrogen and oxygen atoms in total. The Labute approximate surface area is 135 Å². The molecule has 1 atom stereocenters. The van der Waals surface area contributed by atoms with Crippen LogP contribution in [-0.4, -0.2) is 39.2 Å². The van der Waals surface area contributed by atoms with Gasteiger partial charge in [0.15, 0.2) is 5.69 Å². The molecule has 1 aliphatic carbocycles. The summed E-state index contributed by atoms with van der Waals surface area (Å²) < 4.78 is 1.74. The summed E-state index contributed by atoms with van der Waals surface area (Å²) in [6, 6.07) is 1.85. The Bertz CT molecular complexity index is 684. The lowest BCUT2D eigenvalue weighted by Gasteiger charge is -2.26. The van der Waals surface area contributed by atoms with Crippen molar-refractivity contribution in [1.29, 1.82) is 0 Å². The minimum Gasteiger partial charge on any atom is -0.340 e. The topological polar surface area (TPSA) is 51.0 Å². The van der Waals surface area contributed by atoms with Gasteiger partial charge in [0.05, 0.1) is 10.7 Å². The molecule has 1 aliphatic rings. The number of hydrogen-bond acceptors (Lipinski definition) is 4. The SMILES string of the molecule is Cc1nc2c(s1)CCC[C@@H]2CN(C)C(=O)c1cc(C)n(C)n1. The molecule has 0 N–H and O–H groups in total. The predicted molar refractivity (Wildman–Crippen MR) is 87.4 cm³/mol. The first-order chi connectivity index (χ1) is 10.5. The Morgan fingerprint density at radius 1 is 1.50 bits per heavy atom. The third-order valence-corrected chi connectivity index (χ3v) is 5.40. The highest BCUT2D eigenvalue weighted by molar-refractivity contribution is 7.11. The van der Waals surface area contributed by atoms with Crippen LogP contribution in [0.5, 0.6) is 0 Å². The highest BCUT2D eigenvalue weighted by atomic mass is 32.1. The Balaban J connectivity index is 1.74. The van der Waals surface area contributed by atoms with E-state index in [1.165, 1.54) is 17.0 Å². The molecule has 118 valence electrons. The Kier molecular flexibility index (Phi) is 4.04. The van der Waals surface area contributed by atoms with Gasteiger partial charge in [0.25, 0.3) is 5.91 Å². The fourth-order valence-corrected chi connectivity index (χ4v) is 4.14. The summed E-state index contributed by atoms with van der Waals surface area (Å²) in [5.41, 5.74) is 2.73. The van der Waals surface area contributed by atoms with Gasteiger partial charge in [-0.25, -0.2) is 4.98 Å². The molecule has 0 aromatic carbocycles. The average molecular weight is 318 g/mol. The van der Waals surface area contributed by atoms with E-state index in [1.807, 2.05) is 27.1 Å². The molecule has 0 fully saturated rings. The Hall–Kier alpha value is -1.69. The van der Waals surface area contributed by atoms with Gasteiger partial charge >= 0.3 is 0 Å². The van der Waals surface area contributed by atoms with Crippen LogP contribution in [0.3, 0.4) is 0 Å². The van der Waals surface area contributed by atoms with Crippen molar-refractivity contribution in [3.63, 3.8) is 0 Å². The largest absolute Gasteiger partial charge is 0.340 e. The quantitative estimate of drug-likeness (QED) is 0.874. The van der Waals surface area contributed by atoms with Crippen molar-refractivity contribution in [3.05, 3.63) is 33.0 Å². The summed E-state index contributed by atoms with van der Waals surface area (Å²) in [6.07, 6.45) is 3.42. The maximum absolute atomic E-state index is 12.5. The average Bonchev–Trinajstić information content (AvgIpc) is 3.01. The maximum atomic E-state index is 12.5. The molecule has 1 amide bonds. The second-order valence-corrected chi connectivity index (χ2v) is 7.40. The molecule has 2 heterocycles. The molecular formula is C16H22N4OS. The third kappa shape index (κ3) is 2.79. The van der Waals surface area contributed by atoms with E-state index in [0.717, 1.165) is 23.5 Å². The van der Waals surface area contributed by atoms with E-state index < -0.39 is 0 Å².